The van der Waals surface area contributed by atoms with E-state index in [2.05, 4.69) is 26.3 Å². The summed E-state index contributed by atoms with van der Waals surface area (Å²) >= 11 is 3.44. The second-order valence-corrected chi connectivity index (χ2v) is 16.3. The highest BCUT2D eigenvalue weighted by Crippen LogP contribution is 2.45. The lowest BCUT2D eigenvalue weighted by Gasteiger charge is -2.37. The zero-order valence-electron chi connectivity index (χ0n) is 28.2. The lowest BCUT2D eigenvalue weighted by atomic mass is 9.69. The average molecular weight is 733 g/mol. The molecule has 0 spiro atoms. The highest BCUT2D eigenvalue weighted by atomic mass is 79.9. The Morgan fingerprint density at radius 3 is 2.16 bits per heavy atom. The van der Waals surface area contributed by atoms with Gasteiger partial charge in [0.2, 0.25) is 0 Å². The molecule has 0 aromatic carbocycles. The molecule has 0 radical (unpaired) electrons. The average Bonchev–Trinajstić information content (AvgIpc) is 3.36. The predicted molar refractivity (Wildman–Crippen MR) is 168 cm³/mol. The SMILES string of the molecule is CCOCCN1CC(COC(=O)C(C)(Br)CC(C)(CC(C)(C)C(=O)OCC)C(=O)OCCOP(=O)(O)OCC[N+](C)(C)C)N=N1. The first kappa shape index (κ1) is 41.3. The van der Waals surface area contributed by atoms with Crippen molar-refractivity contribution in [1.82, 2.24) is 5.01 Å². The van der Waals surface area contributed by atoms with Crippen LogP contribution >= 0.6 is 23.8 Å². The Balaban J connectivity index is 2.89. The quantitative estimate of drug-likeness (QED) is 0.0430. The van der Waals surface area contributed by atoms with Crippen LogP contribution in [0.15, 0.2) is 10.3 Å². The molecule has 1 N–H and O–H groups in total. The van der Waals surface area contributed by atoms with E-state index in [1.165, 1.54) is 0 Å². The normalized spacial score (nSPS) is 19.4. The van der Waals surface area contributed by atoms with Crippen molar-refractivity contribution in [1.29, 1.82) is 0 Å². The Hall–Kier alpha value is -1.68. The maximum atomic E-state index is 13.5. The molecule has 4 atom stereocenters. The second-order valence-electron chi connectivity index (χ2n) is 13.1. The van der Waals surface area contributed by atoms with Crippen LogP contribution in [0.1, 0.15) is 54.4 Å². The Morgan fingerprint density at radius 2 is 1.56 bits per heavy atom. The molecule has 0 fully saturated rings. The molecular weight excluding hydrogens is 679 g/mol. The van der Waals surface area contributed by atoms with Gasteiger partial charge in [0.25, 0.3) is 0 Å². The van der Waals surface area contributed by atoms with Crippen molar-refractivity contribution >= 4 is 41.7 Å². The fourth-order valence-electron chi connectivity index (χ4n) is 4.64. The molecule has 0 saturated heterocycles. The van der Waals surface area contributed by atoms with Crippen molar-refractivity contribution in [2.45, 2.75) is 64.8 Å². The molecule has 0 amide bonds. The monoisotopic (exact) mass is 731 g/mol. The lowest BCUT2D eigenvalue weighted by Crippen LogP contribution is -2.45. The third-order valence-corrected chi connectivity index (χ3v) is 8.38. The first-order valence-corrected chi connectivity index (χ1v) is 17.3. The Morgan fingerprint density at radius 1 is 0.911 bits per heavy atom. The smallest absolute Gasteiger partial charge is 0.466 e. The second kappa shape index (κ2) is 18.0. The number of hydrogen-bond donors (Lipinski definition) is 1. The molecular formula is C28H53BrN4O11P+. The molecule has 1 heterocycles. The summed E-state index contributed by atoms with van der Waals surface area (Å²) < 4.78 is 42.8. The van der Waals surface area contributed by atoms with Gasteiger partial charge in [0.15, 0.2) is 0 Å². The summed E-state index contributed by atoms with van der Waals surface area (Å²) in [6.45, 7) is 12.0. The summed E-state index contributed by atoms with van der Waals surface area (Å²) in [5.41, 5.74) is -2.52. The molecule has 0 saturated carbocycles. The number of carbonyl (C=O) groups excluding carboxylic acids is 3. The van der Waals surface area contributed by atoms with Crippen LogP contribution in [-0.4, -0.2) is 130 Å². The summed E-state index contributed by atoms with van der Waals surface area (Å²) in [4.78, 5) is 49.4. The molecule has 0 aliphatic carbocycles. The summed E-state index contributed by atoms with van der Waals surface area (Å²) in [5, 5.41) is 9.96. The molecule has 0 bridgehead atoms. The number of alkyl halides is 1. The van der Waals surface area contributed by atoms with E-state index in [1.54, 1.807) is 39.6 Å². The number of phosphoric ester groups is 1. The first-order valence-electron chi connectivity index (χ1n) is 15.0. The van der Waals surface area contributed by atoms with E-state index in [-0.39, 0.29) is 45.3 Å². The fraction of sp³-hybridized carbons (Fsp3) is 0.893. The van der Waals surface area contributed by atoms with Gasteiger partial charge in [-0.3, -0.25) is 28.4 Å². The maximum Gasteiger partial charge on any atom is 0.472 e. The Kier molecular flexibility index (Phi) is 16.6. The van der Waals surface area contributed by atoms with E-state index in [0.717, 1.165) is 0 Å². The number of nitrogens with zero attached hydrogens (tertiary/aromatic N) is 4. The standard InChI is InChI=1S/C28H52BrN4O11P/c1-10-39-14-12-32-18-22(30-31-32)19-42-25(36)28(6,29)21-27(5,20-26(3,4)23(34)40-11-2)24(35)41-16-17-44-45(37,38)43-15-13-33(7,8)9/h22H,10-21H2,1-9H3/p+1. The van der Waals surface area contributed by atoms with Crippen LogP contribution in [-0.2, 0) is 46.9 Å². The summed E-state index contributed by atoms with van der Waals surface area (Å²) in [6.07, 6.45) is -0.147. The van der Waals surface area contributed by atoms with E-state index in [4.69, 9.17) is 28.0 Å². The van der Waals surface area contributed by atoms with Gasteiger partial charge < -0.3 is 28.3 Å². The minimum atomic E-state index is -4.36. The molecule has 15 nitrogen and oxygen atoms in total. The highest BCUT2D eigenvalue weighted by molar-refractivity contribution is 9.10. The van der Waals surface area contributed by atoms with Crippen LogP contribution in [0.5, 0.6) is 0 Å². The number of carbonyl (C=O) groups is 3. The van der Waals surface area contributed by atoms with Crippen LogP contribution in [0, 0.1) is 10.8 Å². The molecule has 1 aliphatic rings. The van der Waals surface area contributed by atoms with Gasteiger partial charge in [-0.05, 0) is 54.4 Å². The van der Waals surface area contributed by atoms with E-state index in [9.17, 15) is 23.8 Å². The minimum absolute atomic E-state index is 0.00616. The predicted octanol–water partition coefficient (Wildman–Crippen LogP) is 3.53. The molecule has 262 valence electrons. The molecule has 1 rings (SSSR count). The van der Waals surface area contributed by atoms with E-state index in [0.29, 0.717) is 37.3 Å². The lowest BCUT2D eigenvalue weighted by molar-refractivity contribution is -0.870. The van der Waals surface area contributed by atoms with Gasteiger partial charge in [0.1, 0.15) is 36.7 Å². The van der Waals surface area contributed by atoms with E-state index >= 15 is 0 Å². The molecule has 0 aromatic rings. The third-order valence-electron chi connectivity index (χ3n) is 6.76. The summed E-state index contributed by atoms with van der Waals surface area (Å²) in [5.74, 6) is -1.89. The van der Waals surface area contributed by atoms with Crippen LogP contribution in [0.2, 0.25) is 0 Å². The zero-order chi connectivity index (χ0) is 34.5. The molecule has 1 aliphatic heterocycles. The van der Waals surface area contributed by atoms with Gasteiger partial charge in [0, 0.05) is 6.61 Å². The number of rotatable bonds is 22. The zero-order valence-corrected chi connectivity index (χ0v) is 30.7. The molecule has 17 heteroatoms. The van der Waals surface area contributed by atoms with Crippen LogP contribution in [0.3, 0.4) is 0 Å². The minimum Gasteiger partial charge on any atom is -0.466 e. The van der Waals surface area contributed by atoms with Gasteiger partial charge in [-0.1, -0.05) is 21.2 Å². The molecule has 4 unspecified atom stereocenters. The Bertz CT molecular complexity index is 1050. The number of phosphoric acid groups is 1. The third kappa shape index (κ3) is 15.6. The van der Waals surface area contributed by atoms with Crippen molar-refractivity contribution in [3.8, 4) is 0 Å². The number of hydrogen-bond acceptors (Lipinski definition) is 13. The van der Waals surface area contributed by atoms with E-state index in [1.807, 2.05) is 28.1 Å². The number of likely N-dealkylation sites (N-methyl/N-ethyl adjacent to an activating group) is 1. The van der Waals surface area contributed by atoms with Gasteiger partial charge in [-0.15, -0.1) is 0 Å². The summed E-state index contributed by atoms with van der Waals surface area (Å²) in [7, 11) is 1.36. The van der Waals surface area contributed by atoms with Crippen LogP contribution in [0.25, 0.3) is 0 Å². The maximum absolute atomic E-state index is 13.5. The van der Waals surface area contributed by atoms with Crippen molar-refractivity contribution < 1.29 is 56.3 Å². The van der Waals surface area contributed by atoms with Gasteiger partial charge >= 0.3 is 25.7 Å². The highest BCUT2D eigenvalue weighted by Gasteiger charge is 2.50. The summed E-state index contributed by atoms with van der Waals surface area (Å²) in [6, 6.07) is -0.350. The van der Waals surface area contributed by atoms with Gasteiger partial charge in [-0.25, -0.2) is 4.57 Å². The van der Waals surface area contributed by atoms with Crippen molar-refractivity contribution in [2.75, 3.05) is 87.0 Å². The van der Waals surface area contributed by atoms with Crippen molar-refractivity contribution in [3.63, 3.8) is 0 Å². The van der Waals surface area contributed by atoms with Crippen molar-refractivity contribution in [2.24, 2.45) is 21.2 Å². The number of esters is 3. The topological polar surface area (TPSA) is 172 Å². The molecule has 45 heavy (non-hydrogen) atoms. The van der Waals surface area contributed by atoms with Crippen LogP contribution < -0.4 is 0 Å². The Labute approximate surface area is 275 Å². The number of ether oxygens (including phenoxy) is 4. The molecule has 0 aromatic heterocycles. The van der Waals surface area contributed by atoms with Crippen molar-refractivity contribution in [3.05, 3.63) is 0 Å². The number of quaternary nitrogens is 1. The van der Waals surface area contributed by atoms with Crippen LogP contribution in [0.4, 0.5) is 0 Å². The van der Waals surface area contributed by atoms with Gasteiger partial charge in [-0.2, -0.15) is 5.11 Å². The number of halogens is 1. The fourth-order valence-corrected chi connectivity index (χ4v) is 6.06. The largest absolute Gasteiger partial charge is 0.472 e. The van der Waals surface area contributed by atoms with Gasteiger partial charge in [0.05, 0.1) is 64.9 Å². The first-order chi connectivity index (χ1) is 20.7. The van der Waals surface area contributed by atoms with E-state index < -0.39 is 47.5 Å².